The Morgan fingerprint density at radius 3 is 2.33 bits per heavy atom. The lowest BCUT2D eigenvalue weighted by molar-refractivity contribution is -0.121. The fourth-order valence-corrected chi connectivity index (χ4v) is 3.53. The summed E-state index contributed by atoms with van der Waals surface area (Å²) < 4.78 is 5.61. The molecule has 1 amide bonds. The topological polar surface area (TPSA) is 46.6 Å². The standard InChI is InChI=1S/C17H21NO3/c1-17(2)15(12-6-4-3-5-7-12)18(16(20)21-17)13-8-10-14(19)11-9-13/h3-7,13,15H,8-11H2,1-2H3/t15-/m0/s1. The zero-order chi connectivity index (χ0) is 15.0. The largest absolute Gasteiger partial charge is 0.441 e. The molecule has 1 aromatic carbocycles. The molecule has 1 aliphatic carbocycles. The van der Waals surface area contributed by atoms with Crippen molar-refractivity contribution in [1.29, 1.82) is 0 Å². The fourth-order valence-electron chi connectivity index (χ4n) is 3.53. The SMILES string of the molecule is CC1(C)OC(=O)N(C2CCC(=O)CC2)[C@H]1c1ccccc1. The van der Waals surface area contributed by atoms with Crippen LogP contribution in [-0.4, -0.2) is 28.4 Å². The summed E-state index contributed by atoms with van der Waals surface area (Å²) in [6.07, 6.45) is 2.36. The lowest BCUT2D eigenvalue weighted by Gasteiger charge is -2.36. The van der Waals surface area contributed by atoms with Crippen molar-refractivity contribution in [2.24, 2.45) is 0 Å². The number of Topliss-reactive ketones (excluding diaryl/α,β-unsaturated/α-hetero) is 1. The van der Waals surface area contributed by atoms with Gasteiger partial charge in [-0.05, 0) is 32.3 Å². The first-order chi connectivity index (χ1) is 9.99. The molecule has 2 aliphatic rings. The van der Waals surface area contributed by atoms with Crippen molar-refractivity contribution in [3.63, 3.8) is 0 Å². The second-order valence-corrected chi connectivity index (χ2v) is 6.46. The third-order valence-electron chi connectivity index (χ3n) is 4.52. The molecule has 3 rings (SSSR count). The van der Waals surface area contributed by atoms with Crippen LogP contribution in [0.1, 0.15) is 51.1 Å². The Morgan fingerprint density at radius 1 is 1.10 bits per heavy atom. The van der Waals surface area contributed by atoms with Crippen LogP contribution in [0.4, 0.5) is 4.79 Å². The van der Waals surface area contributed by atoms with Gasteiger partial charge < -0.3 is 4.74 Å². The quantitative estimate of drug-likeness (QED) is 0.836. The number of rotatable bonds is 2. The van der Waals surface area contributed by atoms with Gasteiger partial charge in [0.2, 0.25) is 0 Å². The van der Waals surface area contributed by atoms with E-state index >= 15 is 0 Å². The highest BCUT2D eigenvalue weighted by atomic mass is 16.6. The molecule has 1 atom stereocenters. The van der Waals surface area contributed by atoms with Crippen molar-refractivity contribution in [2.75, 3.05) is 0 Å². The van der Waals surface area contributed by atoms with Crippen LogP contribution in [0, 0.1) is 0 Å². The minimum atomic E-state index is -0.556. The number of carbonyl (C=O) groups is 2. The van der Waals surface area contributed by atoms with E-state index < -0.39 is 5.60 Å². The van der Waals surface area contributed by atoms with Crippen LogP contribution in [0.3, 0.4) is 0 Å². The Bertz CT molecular complexity index is 542. The Hall–Kier alpha value is -1.84. The summed E-state index contributed by atoms with van der Waals surface area (Å²) >= 11 is 0. The first kappa shape index (κ1) is 14.1. The van der Waals surface area contributed by atoms with Crippen molar-refractivity contribution >= 4 is 11.9 Å². The van der Waals surface area contributed by atoms with Crippen molar-refractivity contribution in [2.45, 2.75) is 57.2 Å². The van der Waals surface area contributed by atoms with Crippen LogP contribution in [0.5, 0.6) is 0 Å². The molecule has 4 nitrogen and oxygen atoms in total. The van der Waals surface area contributed by atoms with E-state index in [1.807, 2.05) is 49.1 Å². The normalized spacial score (nSPS) is 26.0. The zero-order valence-electron chi connectivity index (χ0n) is 12.5. The molecule has 1 saturated carbocycles. The Balaban J connectivity index is 1.93. The zero-order valence-corrected chi connectivity index (χ0v) is 12.5. The van der Waals surface area contributed by atoms with Crippen LogP contribution in [-0.2, 0) is 9.53 Å². The Labute approximate surface area is 125 Å². The molecule has 0 N–H and O–H groups in total. The molecule has 1 heterocycles. The number of carbonyl (C=O) groups excluding carboxylic acids is 2. The maximum atomic E-state index is 12.4. The number of amides is 1. The average molecular weight is 287 g/mol. The maximum Gasteiger partial charge on any atom is 0.411 e. The van der Waals surface area contributed by atoms with Gasteiger partial charge in [-0.15, -0.1) is 0 Å². The molecule has 0 aromatic heterocycles. The molecule has 0 radical (unpaired) electrons. The van der Waals surface area contributed by atoms with E-state index in [9.17, 15) is 9.59 Å². The van der Waals surface area contributed by atoms with E-state index in [4.69, 9.17) is 4.74 Å². The fraction of sp³-hybridized carbons (Fsp3) is 0.529. The molecule has 0 spiro atoms. The van der Waals surface area contributed by atoms with Crippen LogP contribution >= 0.6 is 0 Å². The van der Waals surface area contributed by atoms with Gasteiger partial charge in [-0.3, -0.25) is 9.69 Å². The van der Waals surface area contributed by atoms with E-state index in [-0.39, 0.29) is 18.2 Å². The van der Waals surface area contributed by atoms with E-state index in [1.165, 1.54) is 0 Å². The number of cyclic esters (lactones) is 1. The predicted molar refractivity (Wildman–Crippen MR) is 78.8 cm³/mol. The summed E-state index contributed by atoms with van der Waals surface area (Å²) in [5.41, 5.74) is 0.533. The van der Waals surface area contributed by atoms with Crippen molar-refractivity contribution < 1.29 is 14.3 Å². The molecule has 1 aliphatic heterocycles. The predicted octanol–water partition coefficient (Wildman–Crippen LogP) is 3.47. The second kappa shape index (κ2) is 5.17. The number of ketones is 1. The van der Waals surface area contributed by atoms with Gasteiger partial charge in [0.05, 0.1) is 6.04 Å². The monoisotopic (exact) mass is 287 g/mol. The van der Waals surface area contributed by atoms with Gasteiger partial charge >= 0.3 is 6.09 Å². The van der Waals surface area contributed by atoms with Gasteiger partial charge in [0, 0.05) is 18.9 Å². The molecule has 112 valence electrons. The number of benzene rings is 1. The summed E-state index contributed by atoms with van der Waals surface area (Å²) in [5, 5.41) is 0. The van der Waals surface area contributed by atoms with Gasteiger partial charge in [0.1, 0.15) is 11.4 Å². The number of ether oxygens (including phenoxy) is 1. The number of hydrogen-bond acceptors (Lipinski definition) is 3. The highest BCUT2D eigenvalue weighted by Crippen LogP contribution is 2.44. The summed E-state index contributed by atoms with van der Waals surface area (Å²) in [7, 11) is 0. The summed E-state index contributed by atoms with van der Waals surface area (Å²) in [6.45, 7) is 3.91. The summed E-state index contributed by atoms with van der Waals surface area (Å²) in [4.78, 5) is 25.7. The van der Waals surface area contributed by atoms with E-state index in [1.54, 1.807) is 0 Å². The molecule has 0 unspecified atom stereocenters. The molecule has 4 heteroatoms. The molecule has 21 heavy (non-hydrogen) atoms. The first-order valence-electron chi connectivity index (χ1n) is 7.57. The Morgan fingerprint density at radius 2 is 1.71 bits per heavy atom. The number of hydrogen-bond donors (Lipinski definition) is 0. The molecule has 2 fully saturated rings. The van der Waals surface area contributed by atoms with Crippen molar-refractivity contribution in [3.05, 3.63) is 35.9 Å². The molecule has 0 bridgehead atoms. The van der Waals surface area contributed by atoms with Gasteiger partial charge in [-0.25, -0.2) is 4.79 Å². The lowest BCUT2D eigenvalue weighted by atomic mass is 9.87. The summed E-state index contributed by atoms with van der Waals surface area (Å²) in [5.74, 6) is 0.300. The lowest BCUT2D eigenvalue weighted by Crippen LogP contribution is -2.42. The maximum absolute atomic E-state index is 12.4. The third kappa shape index (κ3) is 2.55. The summed E-state index contributed by atoms with van der Waals surface area (Å²) in [6, 6.07) is 10.0. The Kier molecular flexibility index (Phi) is 3.47. The minimum Gasteiger partial charge on any atom is -0.441 e. The van der Waals surface area contributed by atoms with Gasteiger partial charge in [-0.2, -0.15) is 0 Å². The average Bonchev–Trinajstić information content (AvgIpc) is 2.70. The van der Waals surface area contributed by atoms with E-state index in [0.717, 1.165) is 18.4 Å². The van der Waals surface area contributed by atoms with E-state index in [0.29, 0.717) is 18.6 Å². The van der Waals surface area contributed by atoms with Crippen LogP contribution in [0.2, 0.25) is 0 Å². The minimum absolute atomic E-state index is 0.0931. The van der Waals surface area contributed by atoms with Gasteiger partial charge in [0.25, 0.3) is 0 Å². The molecule has 1 saturated heterocycles. The molecular weight excluding hydrogens is 266 g/mol. The highest BCUT2D eigenvalue weighted by molar-refractivity contribution is 5.80. The second-order valence-electron chi connectivity index (χ2n) is 6.46. The van der Waals surface area contributed by atoms with Gasteiger partial charge in [0.15, 0.2) is 0 Å². The van der Waals surface area contributed by atoms with E-state index in [2.05, 4.69) is 0 Å². The van der Waals surface area contributed by atoms with Crippen LogP contribution in [0.15, 0.2) is 30.3 Å². The van der Waals surface area contributed by atoms with Crippen molar-refractivity contribution in [1.82, 2.24) is 4.90 Å². The third-order valence-corrected chi connectivity index (χ3v) is 4.52. The van der Waals surface area contributed by atoms with Crippen LogP contribution < -0.4 is 0 Å². The van der Waals surface area contributed by atoms with Crippen molar-refractivity contribution in [3.8, 4) is 0 Å². The molecular formula is C17H21NO3. The van der Waals surface area contributed by atoms with Gasteiger partial charge in [-0.1, -0.05) is 30.3 Å². The first-order valence-corrected chi connectivity index (χ1v) is 7.57. The number of nitrogens with zero attached hydrogens (tertiary/aromatic N) is 1. The smallest absolute Gasteiger partial charge is 0.411 e. The molecule has 1 aromatic rings. The van der Waals surface area contributed by atoms with Crippen LogP contribution in [0.25, 0.3) is 0 Å². The highest BCUT2D eigenvalue weighted by Gasteiger charge is 2.51.